The van der Waals surface area contributed by atoms with Crippen LogP contribution in [0, 0.1) is 0 Å². The summed E-state index contributed by atoms with van der Waals surface area (Å²) in [5.41, 5.74) is 2.12. The van der Waals surface area contributed by atoms with Crippen molar-refractivity contribution < 1.29 is 23.7 Å². The molecule has 36 heavy (non-hydrogen) atoms. The van der Waals surface area contributed by atoms with E-state index in [1.54, 1.807) is 77.0 Å². The largest absolute Gasteiger partial charge is 0.497 e. The minimum atomic E-state index is -0.689. The second kappa shape index (κ2) is 10.4. The Balaban J connectivity index is 1.91. The number of methoxy groups -OCH3 is 3. The zero-order valence-electron chi connectivity index (χ0n) is 21.0. The maximum absolute atomic E-state index is 13.7. The number of hydrogen-bond acceptors (Lipinski definition) is 8. The van der Waals surface area contributed by atoms with Crippen molar-refractivity contribution in [1.82, 2.24) is 4.57 Å². The van der Waals surface area contributed by atoms with Gasteiger partial charge in [0.25, 0.3) is 5.56 Å². The third kappa shape index (κ3) is 4.79. The molecule has 2 aromatic carbocycles. The quantitative estimate of drug-likeness (QED) is 0.456. The van der Waals surface area contributed by atoms with Crippen molar-refractivity contribution in [1.29, 1.82) is 0 Å². The van der Waals surface area contributed by atoms with Crippen molar-refractivity contribution >= 4 is 23.4 Å². The first-order chi connectivity index (χ1) is 17.3. The predicted molar refractivity (Wildman–Crippen MR) is 138 cm³/mol. The lowest BCUT2D eigenvalue weighted by molar-refractivity contribution is -0.143. The Morgan fingerprint density at radius 2 is 1.72 bits per heavy atom. The van der Waals surface area contributed by atoms with Crippen molar-refractivity contribution in [3.63, 3.8) is 0 Å². The molecule has 0 aliphatic carbocycles. The molecule has 0 bridgehead atoms. The van der Waals surface area contributed by atoms with E-state index in [4.69, 9.17) is 18.9 Å². The van der Waals surface area contributed by atoms with Gasteiger partial charge in [-0.2, -0.15) is 0 Å². The van der Waals surface area contributed by atoms with E-state index in [1.807, 2.05) is 18.2 Å². The Kier molecular flexibility index (Phi) is 7.30. The van der Waals surface area contributed by atoms with E-state index >= 15 is 0 Å². The van der Waals surface area contributed by atoms with Crippen LogP contribution < -0.4 is 29.1 Å². The number of benzene rings is 2. The van der Waals surface area contributed by atoms with Crippen molar-refractivity contribution in [2.45, 2.75) is 32.9 Å². The van der Waals surface area contributed by atoms with Gasteiger partial charge in [0, 0.05) is 0 Å². The summed E-state index contributed by atoms with van der Waals surface area (Å²) in [5.74, 6) is 1.33. The zero-order valence-corrected chi connectivity index (χ0v) is 21.8. The summed E-state index contributed by atoms with van der Waals surface area (Å²) in [7, 11) is 4.71. The Morgan fingerprint density at radius 1 is 1.03 bits per heavy atom. The summed E-state index contributed by atoms with van der Waals surface area (Å²) in [4.78, 5) is 32.0. The van der Waals surface area contributed by atoms with Crippen LogP contribution in [0.3, 0.4) is 0 Å². The minimum absolute atomic E-state index is 0.253. The Labute approximate surface area is 212 Å². The van der Waals surface area contributed by atoms with Gasteiger partial charge in [0.15, 0.2) is 16.3 Å². The fourth-order valence-corrected chi connectivity index (χ4v) is 5.10. The van der Waals surface area contributed by atoms with Crippen LogP contribution in [0.5, 0.6) is 17.2 Å². The number of fused-ring (bicyclic) bond motifs is 1. The summed E-state index contributed by atoms with van der Waals surface area (Å²) in [6.07, 6.45) is 1.46. The van der Waals surface area contributed by atoms with E-state index in [9.17, 15) is 9.59 Å². The average Bonchev–Trinajstić information content (AvgIpc) is 3.16. The number of hydrogen-bond donors (Lipinski definition) is 0. The maximum Gasteiger partial charge on any atom is 0.338 e. The molecule has 1 aliphatic heterocycles. The van der Waals surface area contributed by atoms with E-state index in [2.05, 4.69) is 4.99 Å². The van der Waals surface area contributed by atoms with Crippen LogP contribution in [0.4, 0.5) is 0 Å². The summed E-state index contributed by atoms with van der Waals surface area (Å²) in [6.45, 7) is 5.34. The fraction of sp³-hybridized carbons (Fsp3) is 0.296. The van der Waals surface area contributed by atoms with Crippen LogP contribution in [0.1, 0.15) is 37.9 Å². The van der Waals surface area contributed by atoms with Gasteiger partial charge in [0.1, 0.15) is 5.75 Å². The highest BCUT2D eigenvalue weighted by Gasteiger charge is 2.33. The SMILES string of the molecule is COc1ccc([C@@H]2C(C(=O)OC(C)C)=C(C)N=c3s/c(=C\c4ccc(OC)c(OC)c4)c(=O)n32)cc1. The summed E-state index contributed by atoms with van der Waals surface area (Å²) < 4.78 is 23.6. The molecule has 9 heteroatoms. The van der Waals surface area contributed by atoms with E-state index < -0.39 is 12.0 Å². The number of thiazole rings is 1. The van der Waals surface area contributed by atoms with E-state index in [0.717, 1.165) is 11.1 Å². The maximum atomic E-state index is 13.7. The lowest BCUT2D eigenvalue weighted by atomic mass is 9.96. The number of allylic oxidation sites excluding steroid dienone is 1. The van der Waals surface area contributed by atoms with Crippen LogP contribution in [0.25, 0.3) is 6.08 Å². The Morgan fingerprint density at radius 3 is 2.33 bits per heavy atom. The molecular weight excluding hydrogens is 480 g/mol. The van der Waals surface area contributed by atoms with Gasteiger partial charge in [-0.25, -0.2) is 9.79 Å². The molecule has 0 saturated heterocycles. The van der Waals surface area contributed by atoms with Gasteiger partial charge in [0.2, 0.25) is 0 Å². The van der Waals surface area contributed by atoms with Crippen LogP contribution in [0.2, 0.25) is 0 Å². The highest BCUT2D eigenvalue weighted by atomic mass is 32.1. The lowest BCUT2D eigenvalue weighted by Gasteiger charge is -2.25. The van der Waals surface area contributed by atoms with Crippen LogP contribution in [-0.2, 0) is 9.53 Å². The van der Waals surface area contributed by atoms with Crippen LogP contribution in [-0.4, -0.2) is 38.0 Å². The molecule has 2 heterocycles. The van der Waals surface area contributed by atoms with Gasteiger partial charge < -0.3 is 18.9 Å². The molecule has 1 atom stereocenters. The first-order valence-electron chi connectivity index (χ1n) is 11.4. The Bertz CT molecular complexity index is 1500. The smallest absolute Gasteiger partial charge is 0.338 e. The molecule has 8 nitrogen and oxygen atoms in total. The van der Waals surface area contributed by atoms with Gasteiger partial charge in [-0.05, 0) is 62.2 Å². The Hall–Kier alpha value is -3.85. The van der Waals surface area contributed by atoms with Gasteiger partial charge in [0.05, 0.1) is 49.3 Å². The molecule has 0 spiro atoms. The molecule has 0 N–H and O–H groups in total. The molecule has 0 amide bonds. The number of ether oxygens (including phenoxy) is 4. The molecule has 188 valence electrons. The zero-order chi connectivity index (χ0) is 26.0. The van der Waals surface area contributed by atoms with Crippen molar-refractivity contribution in [3.05, 3.63) is 84.5 Å². The molecular formula is C27H28N2O6S. The van der Waals surface area contributed by atoms with Crippen molar-refractivity contribution in [2.24, 2.45) is 4.99 Å². The predicted octanol–water partition coefficient (Wildman–Crippen LogP) is 3.21. The molecule has 0 unspecified atom stereocenters. The number of nitrogens with zero attached hydrogens (tertiary/aromatic N) is 2. The first kappa shape index (κ1) is 25.2. The standard InChI is InChI=1S/C27H28N2O6S/c1-15(2)35-26(31)23-16(3)28-27-29(24(23)18-8-10-19(32-4)11-9-18)25(30)22(36-27)14-17-7-12-20(33-5)21(13-17)34-6/h7-15,24H,1-6H3/b22-14-/t24-/m1/s1. The molecule has 1 aliphatic rings. The molecule has 1 aromatic heterocycles. The van der Waals surface area contributed by atoms with E-state index in [1.165, 1.54) is 11.3 Å². The number of esters is 1. The minimum Gasteiger partial charge on any atom is -0.497 e. The van der Waals surface area contributed by atoms with E-state index in [-0.39, 0.29) is 11.7 Å². The fourth-order valence-electron chi connectivity index (χ4n) is 4.06. The summed E-state index contributed by atoms with van der Waals surface area (Å²) >= 11 is 1.26. The van der Waals surface area contributed by atoms with Gasteiger partial charge in [-0.15, -0.1) is 0 Å². The highest BCUT2D eigenvalue weighted by molar-refractivity contribution is 7.07. The molecule has 4 rings (SSSR count). The first-order valence-corrected chi connectivity index (χ1v) is 12.2. The molecule has 3 aromatic rings. The summed E-state index contributed by atoms with van der Waals surface area (Å²) in [5, 5.41) is 0. The lowest BCUT2D eigenvalue weighted by Crippen LogP contribution is -2.40. The third-order valence-electron chi connectivity index (χ3n) is 5.72. The number of carbonyl (C=O) groups excluding carboxylic acids is 1. The molecule has 0 saturated carbocycles. The topological polar surface area (TPSA) is 88.4 Å². The van der Waals surface area contributed by atoms with Gasteiger partial charge >= 0.3 is 5.97 Å². The van der Waals surface area contributed by atoms with Crippen molar-refractivity contribution in [3.8, 4) is 17.2 Å². The highest BCUT2D eigenvalue weighted by Crippen LogP contribution is 2.32. The normalized spacial score (nSPS) is 15.4. The molecule has 0 fully saturated rings. The molecule has 0 radical (unpaired) electrons. The monoisotopic (exact) mass is 508 g/mol. The van der Waals surface area contributed by atoms with Crippen LogP contribution in [0.15, 0.2) is 63.5 Å². The number of rotatable bonds is 7. The number of aromatic nitrogens is 1. The van der Waals surface area contributed by atoms with Crippen LogP contribution >= 0.6 is 11.3 Å². The second-order valence-electron chi connectivity index (χ2n) is 8.42. The third-order valence-corrected chi connectivity index (χ3v) is 6.70. The number of carbonyl (C=O) groups is 1. The second-order valence-corrected chi connectivity index (χ2v) is 9.43. The van der Waals surface area contributed by atoms with Gasteiger partial charge in [-0.1, -0.05) is 29.5 Å². The van der Waals surface area contributed by atoms with Crippen molar-refractivity contribution in [2.75, 3.05) is 21.3 Å². The summed E-state index contributed by atoms with van der Waals surface area (Å²) in [6, 6.07) is 12.0. The van der Waals surface area contributed by atoms with E-state index in [0.29, 0.717) is 37.9 Å². The average molecular weight is 509 g/mol. The van der Waals surface area contributed by atoms with Gasteiger partial charge in [-0.3, -0.25) is 9.36 Å².